The maximum absolute atomic E-state index is 13.9. The first-order chi connectivity index (χ1) is 45.7. The van der Waals surface area contributed by atoms with E-state index in [2.05, 4.69) is 61.1 Å². The van der Waals surface area contributed by atoms with E-state index in [9.17, 15) is 38.0 Å². The average molecular weight is 1410 g/mol. The van der Waals surface area contributed by atoms with Crippen molar-refractivity contribution in [1.29, 1.82) is 0 Å². The molecule has 0 amide bonds. The first-order valence-electron chi connectivity index (χ1n) is 30.7. The lowest BCUT2D eigenvalue weighted by Gasteiger charge is -2.27. The molecule has 0 saturated heterocycles. The summed E-state index contributed by atoms with van der Waals surface area (Å²) in [5.74, 6) is 4.63. The van der Waals surface area contributed by atoms with Gasteiger partial charge in [-0.1, -0.05) is 58.0 Å². The van der Waals surface area contributed by atoms with E-state index in [4.69, 9.17) is 82.7 Å². The van der Waals surface area contributed by atoms with Crippen LogP contribution in [-0.4, -0.2) is 109 Å². The van der Waals surface area contributed by atoms with E-state index in [1.807, 2.05) is 0 Å². The van der Waals surface area contributed by atoms with E-state index in [1.165, 1.54) is 61.8 Å². The number of aliphatic hydroxyl groups excluding tert-OH is 4. The number of rotatable bonds is 16. The number of nitrogens with two attached hydrogens (primary N) is 1. The monoisotopic (exact) mass is 1410 g/mol. The lowest BCUT2D eigenvalue weighted by molar-refractivity contribution is -0.137. The van der Waals surface area contributed by atoms with Gasteiger partial charge in [0.05, 0.1) is 64.8 Å². The predicted octanol–water partition coefficient (Wildman–Crippen LogP) is 15.9. The van der Waals surface area contributed by atoms with Gasteiger partial charge in [-0.05, 0) is 182 Å². The van der Waals surface area contributed by atoms with Crippen molar-refractivity contribution < 1.29 is 56.9 Å². The predicted molar refractivity (Wildman–Crippen MR) is 356 cm³/mol. The van der Waals surface area contributed by atoms with Crippen LogP contribution in [0.25, 0.3) is 0 Å². The van der Waals surface area contributed by atoms with E-state index in [-0.39, 0.29) is 66.0 Å². The second kappa shape index (κ2) is 34.9. The maximum Gasteiger partial charge on any atom is 0.416 e. The molecule has 10 N–H and O–H groups in total. The minimum absolute atomic E-state index is 0.0614. The van der Waals surface area contributed by atoms with Crippen molar-refractivity contribution in [2.45, 2.75) is 157 Å². The summed E-state index contributed by atoms with van der Waals surface area (Å²) < 4.78 is 74.6. The van der Waals surface area contributed by atoms with Crippen molar-refractivity contribution in [2.75, 3.05) is 27.0 Å². The van der Waals surface area contributed by atoms with Crippen molar-refractivity contribution in [3.8, 4) is 46.0 Å². The molecule has 4 aromatic carbocycles. The highest BCUT2D eigenvalue weighted by atomic mass is 35.5. The molecule has 12 rings (SSSR count). The Kier molecular flexibility index (Phi) is 26.3. The molecule has 0 radical (unpaired) electrons. The van der Waals surface area contributed by atoms with Crippen LogP contribution < -0.4 is 45.9 Å². The summed E-state index contributed by atoms with van der Waals surface area (Å²) >= 11 is 29.8. The zero-order chi connectivity index (χ0) is 67.4. The molecule has 0 unspecified atom stereocenters. The molecule has 30 heteroatoms. The van der Waals surface area contributed by atoms with Crippen LogP contribution in [0.2, 0.25) is 25.1 Å². The van der Waals surface area contributed by atoms with Crippen LogP contribution in [0, 0.1) is 5.82 Å². The minimum Gasteiger partial charge on any atom is -0.452 e. The molecule has 95 heavy (non-hydrogen) atoms. The number of aliphatic hydroxyl groups is 4. The molecule has 4 saturated carbocycles. The molecule has 21 nitrogen and oxygen atoms in total. The lowest BCUT2D eigenvalue weighted by atomic mass is 9.93. The van der Waals surface area contributed by atoms with Gasteiger partial charge in [0.25, 0.3) is 0 Å². The fourth-order valence-electron chi connectivity index (χ4n) is 10.6. The molecular weight excluding hydrogens is 1340 g/mol. The number of alkyl halides is 3. The summed E-state index contributed by atoms with van der Waals surface area (Å²) in [7, 11) is 0. The van der Waals surface area contributed by atoms with E-state index in [1.54, 1.807) is 48.7 Å². The summed E-state index contributed by atoms with van der Waals surface area (Å²) in [6.45, 7) is 0. The zero-order valence-electron chi connectivity index (χ0n) is 51.0. The van der Waals surface area contributed by atoms with Crippen molar-refractivity contribution in [3.05, 3.63) is 159 Å². The van der Waals surface area contributed by atoms with Crippen molar-refractivity contribution in [2.24, 2.45) is 0 Å². The smallest absolute Gasteiger partial charge is 0.416 e. The van der Waals surface area contributed by atoms with Gasteiger partial charge < -0.3 is 66.4 Å². The number of hydrogen-bond donors (Lipinski definition) is 9. The summed E-state index contributed by atoms with van der Waals surface area (Å²) in [6, 6.07) is 19.5. The van der Waals surface area contributed by atoms with Crippen LogP contribution in [0.5, 0.6) is 46.0 Å². The molecule has 4 aliphatic carbocycles. The van der Waals surface area contributed by atoms with Crippen molar-refractivity contribution in [3.63, 3.8) is 0 Å². The van der Waals surface area contributed by atoms with Gasteiger partial charge in [-0.3, -0.25) is 0 Å². The molecule has 4 aromatic heterocycles. The third-order valence-corrected chi connectivity index (χ3v) is 17.0. The summed E-state index contributed by atoms with van der Waals surface area (Å²) in [5.41, 5.74) is 4.96. The van der Waals surface area contributed by atoms with Gasteiger partial charge in [0.1, 0.15) is 36.2 Å². The first kappa shape index (κ1) is 71.7. The Hall–Kier alpha value is -7.59. The molecular formula is C65H70Cl5F4N13O8. The fraction of sp³-hybridized carbons (Fsp3) is 0.385. The Morgan fingerprint density at radius 3 is 1.11 bits per heavy atom. The molecule has 4 heterocycles. The van der Waals surface area contributed by atoms with Gasteiger partial charge in [0, 0.05) is 39.2 Å². The third kappa shape index (κ3) is 22.5. The number of aromatic nitrogens is 8. The number of halogens is 9. The SMILES string of the molecule is Nc1ncc(Oc2ccc(Cl)cc2Cl)c(NC2CCC(O)CC2)n1.OC1CCC(Nc2ncncc2Oc2ccc(C(F)(F)F)cc2)CC1.OC1CCC(Nc2ncncc2Oc2ccc(Cl)cc2Cl)CC1.OC1CCC(Nc2ncncc2Oc2ccc(Cl)cc2F)CC1. The number of nitrogens with zero attached hydrogens (tertiary/aromatic N) is 8. The van der Waals surface area contributed by atoms with Gasteiger partial charge in [0.15, 0.2) is 57.8 Å². The number of benzene rings is 4. The zero-order valence-corrected chi connectivity index (χ0v) is 54.7. The van der Waals surface area contributed by atoms with Gasteiger partial charge >= 0.3 is 6.18 Å². The van der Waals surface area contributed by atoms with Crippen LogP contribution in [0.3, 0.4) is 0 Å². The molecule has 506 valence electrons. The normalized spacial score (nSPS) is 20.9. The number of nitrogen functional groups attached to an aromatic ring is 1. The Morgan fingerprint density at radius 1 is 0.400 bits per heavy atom. The lowest BCUT2D eigenvalue weighted by Crippen LogP contribution is -2.28. The summed E-state index contributed by atoms with van der Waals surface area (Å²) in [4.78, 5) is 32.6. The molecule has 0 aliphatic heterocycles. The Balaban J connectivity index is 0.000000149. The van der Waals surface area contributed by atoms with Crippen molar-refractivity contribution >= 4 is 87.2 Å². The second-order valence-electron chi connectivity index (χ2n) is 22.9. The Bertz CT molecular complexity index is 3620. The number of nitrogens with one attached hydrogen (secondary N) is 4. The van der Waals surface area contributed by atoms with Gasteiger partial charge in [-0.15, -0.1) is 0 Å². The van der Waals surface area contributed by atoms with Crippen LogP contribution >= 0.6 is 58.0 Å². The van der Waals surface area contributed by atoms with Gasteiger partial charge in [-0.2, -0.15) is 18.2 Å². The van der Waals surface area contributed by atoms with Crippen LogP contribution in [0.4, 0.5) is 46.8 Å². The highest BCUT2D eigenvalue weighted by Crippen LogP contribution is 2.39. The topological polar surface area (TPSA) is 295 Å². The van der Waals surface area contributed by atoms with Crippen LogP contribution in [0.1, 0.15) is 108 Å². The first-order valence-corrected chi connectivity index (χ1v) is 32.6. The number of ether oxygens (including phenoxy) is 4. The van der Waals surface area contributed by atoms with Crippen LogP contribution in [0.15, 0.2) is 123 Å². The third-order valence-electron chi connectivity index (χ3n) is 15.7. The largest absolute Gasteiger partial charge is 0.452 e. The Morgan fingerprint density at radius 2 is 0.737 bits per heavy atom. The van der Waals surface area contributed by atoms with E-state index < -0.39 is 17.6 Å². The minimum atomic E-state index is -4.38. The second-order valence-corrected chi connectivity index (χ2v) is 25.0. The quantitative estimate of drug-likeness (QED) is 0.0406. The number of hydrogen-bond acceptors (Lipinski definition) is 21. The van der Waals surface area contributed by atoms with Crippen LogP contribution in [-0.2, 0) is 6.18 Å². The molecule has 8 aromatic rings. The Labute approximate surface area is 570 Å². The molecule has 4 aliphatic rings. The van der Waals surface area contributed by atoms with E-state index in [0.717, 1.165) is 115 Å². The van der Waals surface area contributed by atoms with E-state index in [0.29, 0.717) is 82.9 Å². The summed E-state index contributed by atoms with van der Waals surface area (Å²) in [6.07, 6.45) is 17.9. The summed E-state index contributed by atoms with van der Waals surface area (Å²) in [5, 5.41) is 53.8. The van der Waals surface area contributed by atoms with E-state index >= 15 is 0 Å². The highest BCUT2D eigenvalue weighted by Gasteiger charge is 2.31. The molecule has 4 fully saturated rings. The molecule has 0 spiro atoms. The number of anilines is 5. The maximum atomic E-state index is 13.9. The van der Waals surface area contributed by atoms with Gasteiger partial charge in [-0.25, -0.2) is 39.3 Å². The highest BCUT2D eigenvalue weighted by molar-refractivity contribution is 6.36. The molecule has 0 bridgehead atoms. The average Bonchev–Trinajstić information content (AvgIpc) is 0.915. The van der Waals surface area contributed by atoms with Gasteiger partial charge in [0.2, 0.25) is 5.95 Å². The molecule has 0 atom stereocenters. The van der Waals surface area contributed by atoms with Crippen molar-refractivity contribution in [1.82, 2.24) is 39.9 Å². The fourth-order valence-corrected chi connectivity index (χ4v) is 11.6. The standard InChI is InChI=1S/C17H18F3N3O2.C16H18Cl2N4O2.C16H17Cl2N3O2.C16H17ClFN3O2/c18-17(19,20)11-1-7-14(8-2-11)25-15-9-21-10-22-16(15)23-12-3-5-13(24)6-4-12;17-9-1-6-13(12(18)7-9)24-14-8-20-16(19)22-15(14)21-10-2-4-11(23)5-3-10;2*17-10-1-6-14(13(18)7-10)23-15-8-19-9-20-16(15)21-11-2-4-12(22)5-3-11/h1-2,7-10,12-13,24H,3-6H2,(H,21,22,23);1,6-8,10-11,23H,2-5H2,(H3,19,20,21,22);2*1,6-9,11-12,22H,2-5H2,(H,19,20,21).